The van der Waals surface area contributed by atoms with Gasteiger partial charge in [0.1, 0.15) is 12.3 Å². The van der Waals surface area contributed by atoms with Gasteiger partial charge in [0, 0.05) is 12.6 Å². The lowest BCUT2D eigenvalue weighted by atomic mass is 10.2. The highest BCUT2D eigenvalue weighted by atomic mass is 16.5. The molecule has 1 aromatic carbocycles. The first kappa shape index (κ1) is 15.8. The molecule has 0 aromatic heterocycles. The number of nitrogens with zero attached hydrogens (tertiary/aromatic N) is 1. The fourth-order valence-electron chi connectivity index (χ4n) is 1.66. The molecule has 0 saturated heterocycles. The zero-order valence-electron chi connectivity index (χ0n) is 11.9. The number of urea groups is 1. The number of rotatable bonds is 6. The SMILES string of the molecule is COc1ccc(CNC(=O)N(CC(=O)O)C(C)C)cc1. The van der Waals surface area contributed by atoms with Crippen LogP contribution in [0.1, 0.15) is 19.4 Å². The number of methoxy groups -OCH3 is 1. The van der Waals surface area contributed by atoms with E-state index in [-0.39, 0.29) is 12.6 Å². The van der Waals surface area contributed by atoms with Crippen molar-refractivity contribution in [1.82, 2.24) is 10.2 Å². The molecule has 6 nitrogen and oxygen atoms in total. The molecule has 20 heavy (non-hydrogen) atoms. The van der Waals surface area contributed by atoms with Crippen molar-refractivity contribution in [2.75, 3.05) is 13.7 Å². The lowest BCUT2D eigenvalue weighted by Crippen LogP contribution is -2.46. The second-order valence-corrected chi connectivity index (χ2v) is 4.62. The summed E-state index contributed by atoms with van der Waals surface area (Å²) in [5, 5.41) is 11.5. The van der Waals surface area contributed by atoms with E-state index >= 15 is 0 Å². The van der Waals surface area contributed by atoms with E-state index in [2.05, 4.69) is 5.32 Å². The fraction of sp³-hybridized carbons (Fsp3) is 0.429. The van der Waals surface area contributed by atoms with Crippen LogP contribution in [0.4, 0.5) is 4.79 Å². The van der Waals surface area contributed by atoms with Crippen molar-refractivity contribution in [3.8, 4) is 5.75 Å². The largest absolute Gasteiger partial charge is 0.497 e. The highest BCUT2D eigenvalue weighted by Crippen LogP contribution is 2.11. The van der Waals surface area contributed by atoms with Gasteiger partial charge < -0.3 is 20.1 Å². The molecule has 0 unspecified atom stereocenters. The van der Waals surface area contributed by atoms with Crippen LogP contribution >= 0.6 is 0 Å². The van der Waals surface area contributed by atoms with Crippen LogP contribution in [0, 0.1) is 0 Å². The number of hydrogen-bond acceptors (Lipinski definition) is 3. The van der Waals surface area contributed by atoms with Gasteiger partial charge >= 0.3 is 12.0 Å². The zero-order valence-corrected chi connectivity index (χ0v) is 11.9. The first-order valence-electron chi connectivity index (χ1n) is 6.33. The molecule has 0 fully saturated rings. The van der Waals surface area contributed by atoms with E-state index in [1.165, 1.54) is 4.90 Å². The summed E-state index contributed by atoms with van der Waals surface area (Å²) in [5.74, 6) is -0.284. The van der Waals surface area contributed by atoms with Crippen molar-refractivity contribution < 1.29 is 19.4 Å². The number of benzene rings is 1. The number of nitrogens with one attached hydrogen (secondary N) is 1. The van der Waals surface area contributed by atoms with Crippen LogP contribution in [0.15, 0.2) is 24.3 Å². The molecule has 1 rings (SSSR count). The Bertz CT molecular complexity index is 457. The van der Waals surface area contributed by atoms with Crippen molar-refractivity contribution in [3.05, 3.63) is 29.8 Å². The molecular formula is C14H20N2O4. The van der Waals surface area contributed by atoms with Crippen LogP contribution in [0.5, 0.6) is 5.75 Å². The lowest BCUT2D eigenvalue weighted by molar-refractivity contribution is -0.138. The van der Waals surface area contributed by atoms with Crippen LogP contribution in [0.2, 0.25) is 0 Å². The van der Waals surface area contributed by atoms with Gasteiger partial charge in [-0.3, -0.25) is 4.79 Å². The number of carboxylic acid groups (broad SMARTS) is 1. The number of hydrogen-bond donors (Lipinski definition) is 2. The van der Waals surface area contributed by atoms with E-state index in [1.54, 1.807) is 33.1 Å². The van der Waals surface area contributed by atoms with Gasteiger partial charge in [0.15, 0.2) is 0 Å². The third kappa shape index (κ3) is 4.79. The van der Waals surface area contributed by atoms with Crippen LogP contribution in [-0.2, 0) is 11.3 Å². The van der Waals surface area contributed by atoms with Crippen LogP contribution in [0.3, 0.4) is 0 Å². The Labute approximate surface area is 118 Å². The minimum Gasteiger partial charge on any atom is -0.497 e. The average molecular weight is 280 g/mol. The number of amides is 2. The maximum absolute atomic E-state index is 11.9. The summed E-state index contributed by atoms with van der Waals surface area (Å²) in [6, 6.07) is 6.73. The van der Waals surface area contributed by atoms with Crippen LogP contribution < -0.4 is 10.1 Å². The molecule has 0 atom stereocenters. The Balaban J connectivity index is 2.57. The van der Waals surface area contributed by atoms with E-state index in [9.17, 15) is 9.59 Å². The Hall–Kier alpha value is -2.24. The van der Waals surface area contributed by atoms with Gasteiger partial charge in [-0.15, -0.1) is 0 Å². The van der Waals surface area contributed by atoms with Gasteiger partial charge in [-0.25, -0.2) is 4.79 Å². The van der Waals surface area contributed by atoms with E-state index in [1.807, 2.05) is 12.1 Å². The first-order chi connectivity index (χ1) is 9.43. The number of carbonyl (C=O) groups is 2. The second-order valence-electron chi connectivity index (χ2n) is 4.62. The number of carboxylic acids is 1. The van der Waals surface area contributed by atoms with Gasteiger partial charge in [0.2, 0.25) is 0 Å². The second kappa shape index (κ2) is 7.37. The topological polar surface area (TPSA) is 78.9 Å². The molecule has 0 bridgehead atoms. The molecule has 0 saturated carbocycles. The quantitative estimate of drug-likeness (QED) is 0.831. The summed E-state index contributed by atoms with van der Waals surface area (Å²) in [6.07, 6.45) is 0. The maximum atomic E-state index is 11.9. The lowest BCUT2D eigenvalue weighted by Gasteiger charge is -2.25. The van der Waals surface area contributed by atoms with Gasteiger partial charge in [-0.1, -0.05) is 12.1 Å². The standard InChI is InChI=1S/C14H20N2O4/c1-10(2)16(9-13(17)18)14(19)15-8-11-4-6-12(20-3)7-5-11/h4-7,10H,8-9H2,1-3H3,(H,15,19)(H,17,18). The molecule has 2 N–H and O–H groups in total. The van der Waals surface area contributed by atoms with Gasteiger partial charge in [0.25, 0.3) is 0 Å². The zero-order chi connectivity index (χ0) is 15.1. The molecule has 0 heterocycles. The third-order valence-corrected chi connectivity index (χ3v) is 2.79. The molecule has 0 spiro atoms. The minimum absolute atomic E-state index is 0.179. The summed E-state index contributed by atoms with van der Waals surface area (Å²) in [7, 11) is 1.59. The van der Waals surface area contributed by atoms with Crippen LogP contribution in [-0.4, -0.2) is 41.7 Å². The Kier molecular flexibility index (Phi) is 5.83. The molecule has 0 aliphatic carbocycles. The smallest absolute Gasteiger partial charge is 0.323 e. The van der Waals surface area contributed by atoms with E-state index in [4.69, 9.17) is 9.84 Å². The third-order valence-electron chi connectivity index (χ3n) is 2.79. The van der Waals surface area contributed by atoms with E-state index in [0.29, 0.717) is 6.54 Å². The summed E-state index contributed by atoms with van der Waals surface area (Å²) in [5.41, 5.74) is 0.915. The van der Waals surface area contributed by atoms with Gasteiger partial charge in [0.05, 0.1) is 7.11 Å². The average Bonchev–Trinajstić information content (AvgIpc) is 2.42. The van der Waals surface area contributed by atoms with Crippen molar-refractivity contribution >= 4 is 12.0 Å². The summed E-state index contributed by atoms with van der Waals surface area (Å²) in [6.45, 7) is 3.57. The predicted molar refractivity (Wildman–Crippen MR) is 74.7 cm³/mol. The number of carbonyl (C=O) groups excluding carboxylic acids is 1. The normalized spacial score (nSPS) is 10.2. The maximum Gasteiger partial charge on any atom is 0.323 e. The molecule has 2 amide bonds. The van der Waals surface area contributed by atoms with Crippen molar-refractivity contribution in [3.63, 3.8) is 0 Å². The number of aliphatic carboxylic acids is 1. The monoisotopic (exact) mass is 280 g/mol. The molecular weight excluding hydrogens is 260 g/mol. The first-order valence-corrected chi connectivity index (χ1v) is 6.33. The molecule has 0 radical (unpaired) electrons. The van der Waals surface area contributed by atoms with Gasteiger partial charge in [-0.05, 0) is 31.5 Å². The van der Waals surface area contributed by atoms with E-state index in [0.717, 1.165) is 11.3 Å². The van der Waals surface area contributed by atoms with Crippen molar-refractivity contribution in [2.45, 2.75) is 26.4 Å². The minimum atomic E-state index is -1.03. The highest BCUT2D eigenvalue weighted by molar-refractivity contribution is 5.80. The summed E-state index contributed by atoms with van der Waals surface area (Å²) in [4.78, 5) is 23.9. The Morgan fingerprint density at radius 3 is 2.35 bits per heavy atom. The fourth-order valence-corrected chi connectivity index (χ4v) is 1.66. The Morgan fingerprint density at radius 1 is 1.30 bits per heavy atom. The molecule has 6 heteroatoms. The Morgan fingerprint density at radius 2 is 1.90 bits per heavy atom. The molecule has 1 aromatic rings. The number of ether oxygens (including phenoxy) is 1. The molecule has 110 valence electrons. The van der Waals surface area contributed by atoms with Crippen molar-refractivity contribution in [2.24, 2.45) is 0 Å². The molecule has 0 aliphatic heterocycles. The van der Waals surface area contributed by atoms with Crippen molar-refractivity contribution in [1.29, 1.82) is 0 Å². The summed E-state index contributed by atoms with van der Waals surface area (Å²) < 4.78 is 5.05. The van der Waals surface area contributed by atoms with E-state index < -0.39 is 12.0 Å². The van der Waals surface area contributed by atoms with Crippen LogP contribution in [0.25, 0.3) is 0 Å². The highest BCUT2D eigenvalue weighted by Gasteiger charge is 2.19. The molecule has 0 aliphatic rings. The summed E-state index contributed by atoms with van der Waals surface area (Å²) >= 11 is 0. The predicted octanol–water partition coefficient (Wildman–Crippen LogP) is 1.70. The van der Waals surface area contributed by atoms with Gasteiger partial charge in [-0.2, -0.15) is 0 Å².